The van der Waals surface area contributed by atoms with E-state index in [0.29, 0.717) is 6.04 Å². The summed E-state index contributed by atoms with van der Waals surface area (Å²) in [6.45, 7) is 14.1. The SMILES string of the molecule is CCOc1cccc([C@H](N2CCNCC2)C(C)(C)C)c1. The van der Waals surface area contributed by atoms with Gasteiger partial charge in [0.2, 0.25) is 0 Å². The van der Waals surface area contributed by atoms with Gasteiger partial charge in [-0.2, -0.15) is 0 Å². The van der Waals surface area contributed by atoms with Crippen molar-refractivity contribution in [3.05, 3.63) is 29.8 Å². The first-order valence-corrected chi connectivity index (χ1v) is 7.70. The summed E-state index contributed by atoms with van der Waals surface area (Å²) in [5.41, 5.74) is 1.58. The largest absolute Gasteiger partial charge is 0.494 e. The Balaban J connectivity index is 2.28. The highest BCUT2D eigenvalue weighted by Crippen LogP contribution is 2.39. The summed E-state index contributed by atoms with van der Waals surface area (Å²) < 4.78 is 5.67. The third-order valence-electron chi connectivity index (χ3n) is 3.82. The Labute approximate surface area is 123 Å². The second kappa shape index (κ2) is 6.59. The Morgan fingerprint density at radius 1 is 1.25 bits per heavy atom. The van der Waals surface area contributed by atoms with Gasteiger partial charge in [0, 0.05) is 32.2 Å². The van der Waals surface area contributed by atoms with Gasteiger partial charge < -0.3 is 10.1 Å². The second-order valence-corrected chi connectivity index (χ2v) is 6.56. The predicted molar refractivity (Wildman–Crippen MR) is 84.2 cm³/mol. The monoisotopic (exact) mass is 276 g/mol. The molecule has 1 aliphatic heterocycles. The quantitative estimate of drug-likeness (QED) is 0.914. The van der Waals surface area contributed by atoms with Crippen LogP contribution in [0.1, 0.15) is 39.3 Å². The summed E-state index contributed by atoms with van der Waals surface area (Å²) in [5.74, 6) is 0.981. The Bertz CT molecular complexity index is 419. The normalized spacial score (nSPS) is 18.8. The van der Waals surface area contributed by atoms with E-state index >= 15 is 0 Å². The summed E-state index contributed by atoms with van der Waals surface area (Å²) in [6, 6.07) is 9.04. The Kier molecular flexibility index (Phi) is 5.06. The van der Waals surface area contributed by atoms with E-state index in [1.165, 1.54) is 5.56 Å². The van der Waals surface area contributed by atoms with Crippen LogP contribution in [0.3, 0.4) is 0 Å². The van der Waals surface area contributed by atoms with Crippen molar-refractivity contribution < 1.29 is 4.74 Å². The molecule has 3 heteroatoms. The molecule has 0 radical (unpaired) electrons. The molecule has 1 aliphatic rings. The van der Waals surface area contributed by atoms with Gasteiger partial charge in [0.15, 0.2) is 0 Å². The first kappa shape index (κ1) is 15.3. The fraction of sp³-hybridized carbons (Fsp3) is 0.647. The molecule has 0 bridgehead atoms. The fourth-order valence-electron chi connectivity index (χ4n) is 3.14. The van der Waals surface area contributed by atoms with Gasteiger partial charge in [-0.05, 0) is 30.0 Å². The summed E-state index contributed by atoms with van der Waals surface area (Å²) in [7, 11) is 0. The van der Waals surface area contributed by atoms with Gasteiger partial charge in [0.05, 0.1) is 6.61 Å². The van der Waals surface area contributed by atoms with E-state index in [0.717, 1.165) is 38.5 Å². The van der Waals surface area contributed by atoms with Crippen molar-refractivity contribution in [2.45, 2.75) is 33.7 Å². The summed E-state index contributed by atoms with van der Waals surface area (Å²) in [5, 5.41) is 3.44. The van der Waals surface area contributed by atoms with E-state index in [1.54, 1.807) is 0 Å². The molecule has 0 aliphatic carbocycles. The van der Waals surface area contributed by atoms with Gasteiger partial charge in [0.1, 0.15) is 5.75 Å². The van der Waals surface area contributed by atoms with Gasteiger partial charge >= 0.3 is 0 Å². The minimum atomic E-state index is 0.210. The van der Waals surface area contributed by atoms with Crippen molar-refractivity contribution in [2.24, 2.45) is 5.41 Å². The standard InChI is InChI=1S/C17H28N2O/c1-5-20-15-8-6-7-14(13-15)16(17(2,3)4)19-11-9-18-10-12-19/h6-8,13,16,18H,5,9-12H2,1-4H3/t16-/m0/s1. The topological polar surface area (TPSA) is 24.5 Å². The average Bonchev–Trinajstić information content (AvgIpc) is 2.39. The van der Waals surface area contributed by atoms with E-state index < -0.39 is 0 Å². The van der Waals surface area contributed by atoms with Gasteiger partial charge in [-0.25, -0.2) is 0 Å². The van der Waals surface area contributed by atoms with Gasteiger partial charge in [-0.15, -0.1) is 0 Å². The first-order chi connectivity index (χ1) is 9.52. The molecule has 20 heavy (non-hydrogen) atoms. The summed E-state index contributed by atoms with van der Waals surface area (Å²) >= 11 is 0. The number of hydrogen-bond acceptors (Lipinski definition) is 3. The maximum atomic E-state index is 5.67. The Morgan fingerprint density at radius 3 is 2.55 bits per heavy atom. The number of nitrogens with zero attached hydrogens (tertiary/aromatic N) is 1. The van der Waals surface area contributed by atoms with Crippen LogP contribution >= 0.6 is 0 Å². The molecule has 112 valence electrons. The molecule has 2 rings (SSSR count). The van der Waals surface area contributed by atoms with Crippen LogP contribution < -0.4 is 10.1 Å². The summed E-state index contributed by atoms with van der Waals surface area (Å²) in [6.07, 6.45) is 0. The fourth-order valence-corrected chi connectivity index (χ4v) is 3.14. The van der Waals surface area contributed by atoms with Crippen molar-refractivity contribution in [3.63, 3.8) is 0 Å². The number of nitrogens with one attached hydrogen (secondary N) is 1. The molecule has 1 N–H and O–H groups in total. The lowest BCUT2D eigenvalue weighted by molar-refractivity contribution is 0.0860. The predicted octanol–water partition coefficient (Wildman–Crippen LogP) is 3.08. The Hall–Kier alpha value is -1.06. The molecule has 0 aromatic heterocycles. The van der Waals surface area contributed by atoms with Crippen LogP contribution in [-0.4, -0.2) is 37.7 Å². The molecule has 1 aromatic rings. The van der Waals surface area contributed by atoms with E-state index in [2.05, 4.69) is 49.2 Å². The van der Waals surface area contributed by atoms with Crippen LogP contribution in [0.2, 0.25) is 0 Å². The van der Waals surface area contributed by atoms with Crippen LogP contribution in [-0.2, 0) is 0 Å². The van der Waals surface area contributed by atoms with Crippen LogP contribution in [0.25, 0.3) is 0 Å². The lowest BCUT2D eigenvalue weighted by Crippen LogP contribution is -2.48. The number of benzene rings is 1. The molecule has 1 aromatic carbocycles. The van der Waals surface area contributed by atoms with E-state index in [-0.39, 0.29) is 5.41 Å². The smallest absolute Gasteiger partial charge is 0.119 e. The number of ether oxygens (including phenoxy) is 1. The molecule has 0 amide bonds. The molecule has 1 atom stereocenters. The molecular formula is C17H28N2O. The summed E-state index contributed by atoms with van der Waals surface area (Å²) in [4.78, 5) is 2.60. The van der Waals surface area contributed by atoms with Crippen LogP contribution in [0.4, 0.5) is 0 Å². The minimum absolute atomic E-state index is 0.210. The van der Waals surface area contributed by atoms with Crippen LogP contribution in [0, 0.1) is 5.41 Å². The van der Waals surface area contributed by atoms with Crippen molar-refractivity contribution >= 4 is 0 Å². The van der Waals surface area contributed by atoms with Crippen LogP contribution in [0.15, 0.2) is 24.3 Å². The first-order valence-electron chi connectivity index (χ1n) is 7.70. The van der Waals surface area contributed by atoms with Crippen molar-refractivity contribution in [3.8, 4) is 5.75 Å². The highest BCUT2D eigenvalue weighted by atomic mass is 16.5. The molecular weight excluding hydrogens is 248 g/mol. The lowest BCUT2D eigenvalue weighted by atomic mass is 9.81. The van der Waals surface area contributed by atoms with Gasteiger partial charge in [-0.1, -0.05) is 32.9 Å². The van der Waals surface area contributed by atoms with E-state index in [1.807, 2.05) is 13.0 Å². The van der Waals surface area contributed by atoms with Crippen molar-refractivity contribution in [2.75, 3.05) is 32.8 Å². The van der Waals surface area contributed by atoms with Crippen molar-refractivity contribution in [1.82, 2.24) is 10.2 Å². The highest BCUT2D eigenvalue weighted by Gasteiger charge is 2.32. The molecule has 0 spiro atoms. The number of rotatable bonds is 4. The minimum Gasteiger partial charge on any atom is -0.494 e. The maximum Gasteiger partial charge on any atom is 0.119 e. The number of piperazine rings is 1. The van der Waals surface area contributed by atoms with E-state index in [9.17, 15) is 0 Å². The molecule has 1 fully saturated rings. The molecule has 1 saturated heterocycles. The molecule has 3 nitrogen and oxygen atoms in total. The molecule has 1 heterocycles. The van der Waals surface area contributed by atoms with Crippen molar-refractivity contribution in [1.29, 1.82) is 0 Å². The second-order valence-electron chi connectivity index (χ2n) is 6.56. The third-order valence-corrected chi connectivity index (χ3v) is 3.82. The lowest BCUT2D eigenvalue weighted by Gasteiger charge is -2.42. The Morgan fingerprint density at radius 2 is 1.95 bits per heavy atom. The molecule has 0 unspecified atom stereocenters. The van der Waals surface area contributed by atoms with Gasteiger partial charge in [-0.3, -0.25) is 4.90 Å². The third kappa shape index (κ3) is 3.74. The zero-order chi connectivity index (χ0) is 14.6. The zero-order valence-corrected chi connectivity index (χ0v) is 13.3. The van der Waals surface area contributed by atoms with Gasteiger partial charge in [0.25, 0.3) is 0 Å². The number of hydrogen-bond donors (Lipinski definition) is 1. The highest BCUT2D eigenvalue weighted by molar-refractivity contribution is 5.31. The average molecular weight is 276 g/mol. The maximum absolute atomic E-state index is 5.67. The zero-order valence-electron chi connectivity index (χ0n) is 13.3. The van der Waals surface area contributed by atoms with E-state index in [4.69, 9.17) is 4.74 Å². The van der Waals surface area contributed by atoms with Crippen LogP contribution in [0.5, 0.6) is 5.75 Å². The molecule has 0 saturated carbocycles.